The maximum Gasteiger partial charge on any atom is 0.186 e. The summed E-state index contributed by atoms with van der Waals surface area (Å²) in [5.74, 6) is 0.0839. The van der Waals surface area contributed by atoms with E-state index in [0.717, 1.165) is 26.9 Å². The van der Waals surface area contributed by atoms with E-state index in [1.165, 1.54) is 28.4 Å². The van der Waals surface area contributed by atoms with Crippen molar-refractivity contribution in [2.75, 3.05) is 5.75 Å². The first kappa shape index (κ1) is 21.4. The zero-order chi connectivity index (χ0) is 19.8. The summed E-state index contributed by atoms with van der Waals surface area (Å²) in [6.07, 6.45) is 8.21. The minimum absolute atomic E-state index is 0.0839. The number of sulfone groups is 1. The molecule has 0 aliphatic heterocycles. The highest BCUT2D eigenvalue weighted by molar-refractivity contribution is 8.27. The van der Waals surface area contributed by atoms with Crippen LogP contribution in [0, 0.1) is 0 Å². The molecule has 0 radical (unpaired) electrons. The van der Waals surface area contributed by atoms with Gasteiger partial charge in [0.1, 0.15) is 4.24 Å². The average Bonchev–Trinajstić information content (AvgIpc) is 2.74. The highest BCUT2D eigenvalue weighted by Gasteiger charge is 2.24. The van der Waals surface area contributed by atoms with Gasteiger partial charge in [-0.2, -0.15) is 0 Å². The second-order valence-corrected chi connectivity index (χ2v) is 12.0. The van der Waals surface area contributed by atoms with E-state index >= 15 is 0 Å². The van der Waals surface area contributed by atoms with Gasteiger partial charge in [-0.15, -0.1) is 0 Å². The maximum absolute atomic E-state index is 13.0. The van der Waals surface area contributed by atoms with Crippen molar-refractivity contribution in [3.8, 4) is 0 Å². The normalized spacial score (nSPS) is 15.1. The predicted molar refractivity (Wildman–Crippen MR) is 125 cm³/mol. The summed E-state index contributed by atoms with van der Waals surface area (Å²) in [5, 5.41) is 0. The van der Waals surface area contributed by atoms with E-state index in [1.807, 2.05) is 60.7 Å². The maximum atomic E-state index is 13.0. The van der Waals surface area contributed by atoms with Crippen molar-refractivity contribution < 1.29 is 8.42 Å². The molecule has 0 aromatic heterocycles. The smallest absolute Gasteiger partial charge is 0.186 e. The van der Waals surface area contributed by atoms with Gasteiger partial charge in [-0.05, 0) is 42.0 Å². The third-order valence-electron chi connectivity index (χ3n) is 3.94. The molecule has 0 unspecified atom stereocenters. The van der Waals surface area contributed by atoms with Gasteiger partial charge in [0.2, 0.25) is 0 Å². The first-order chi connectivity index (χ1) is 13.6. The average molecular weight is 447 g/mol. The van der Waals surface area contributed by atoms with E-state index in [9.17, 15) is 8.42 Å². The van der Waals surface area contributed by atoms with E-state index in [1.54, 1.807) is 18.7 Å². The van der Waals surface area contributed by atoms with Gasteiger partial charge < -0.3 is 0 Å². The van der Waals surface area contributed by atoms with E-state index in [0.29, 0.717) is 4.24 Å². The Labute approximate surface area is 180 Å². The summed E-state index contributed by atoms with van der Waals surface area (Å²) < 4.78 is 27.3. The lowest BCUT2D eigenvalue weighted by molar-refractivity contribution is 0.605. The van der Waals surface area contributed by atoms with Gasteiger partial charge in [-0.1, -0.05) is 96.8 Å². The molecule has 1 aliphatic rings. The zero-order valence-corrected chi connectivity index (χ0v) is 18.8. The molecule has 2 nitrogen and oxygen atoms in total. The van der Waals surface area contributed by atoms with E-state index in [2.05, 4.69) is 18.2 Å². The molecule has 6 heteroatoms. The molecule has 0 saturated carbocycles. The fourth-order valence-electron chi connectivity index (χ4n) is 2.44. The number of thioether (sulfide) groups is 3. The lowest BCUT2D eigenvalue weighted by Gasteiger charge is -2.16. The Morgan fingerprint density at radius 3 is 2.04 bits per heavy atom. The van der Waals surface area contributed by atoms with Crippen molar-refractivity contribution in [1.29, 1.82) is 0 Å². The number of benzene rings is 2. The molecule has 28 heavy (non-hydrogen) atoms. The summed E-state index contributed by atoms with van der Waals surface area (Å²) in [4.78, 5) is 3.16. The molecular formula is C22H22O2S4. The fourth-order valence-corrected chi connectivity index (χ4v) is 8.27. The quantitative estimate of drug-likeness (QED) is 0.404. The van der Waals surface area contributed by atoms with Gasteiger partial charge in [0.25, 0.3) is 0 Å². The van der Waals surface area contributed by atoms with Crippen LogP contribution < -0.4 is 0 Å². The number of rotatable bonds is 8. The molecule has 2 aromatic rings. The van der Waals surface area contributed by atoms with Gasteiger partial charge in [0.15, 0.2) is 9.84 Å². The van der Waals surface area contributed by atoms with Crippen molar-refractivity contribution in [3.63, 3.8) is 0 Å². The van der Waals surface area contributed by atoms with Crippen LogP contribution >= 0.6 is 35.3 Å². The Balaban J connectivity index is 2.06. The van der Waals surface area contributed by atoms with Gasteiger partial charge in [0.05, 0.1) is 9.99 Å². The van der Waals surface area contributed by atoms with Crippen LogP contribution in [-0.4, -0.2) is 14.2 Å². The molecule has 0 spiro atoms. The molecule has 0 saturated heterocycles. The summed E-state index contributed by atoms with van der Waals surface area (Å²) in [7, 11) is -3.37. The van der Waals surface area contributed by atoms with Crippen molar-refractivity contribution in [1.82, 2.24) is 0 Å². The first-order valence-electron chi connectivity index (χ1n) is 9.05. The molecule has 0 heterocycles. The predicted octanol–water partition coefficient (Wildman–Crippen LogP) is 7.10. The van der Waals surface area contributed by atoms with Gasteiger partial charge in [-0.25, -0.2) is 8.42 Å². The summed E-state index contributed by atoms with van der Waals surface area (Å²) >= 11 is 4.45. The van der Waals surface area contributed by atoms with Crippen LogP contribution in [-0.2, 0) is 9.84 Å². The second-order valence-electron chi connectivity index (χ2n) is 6.01. The van der Waals surface area contributed by atoms with Crippen LogP contribution in [0.25, 0.3) is 0 Å². The van der Waals surface area contributed by atoms with Gasteiger partial charge in [0, 0.05) is 9.79 Å². The van der Waals surface area contributed by atoms with Gasteiger partial charge in [-0.3, -0.25) is 0 Å². The van der Waals surface area contributed by atoms with Gasteiger partial charge >= 0.3 is 0 Å². The molecule has 3 rings (SSSR count). The van der Waals surface area contributed by atoms with Crippen LogP contribution in [0.2, 0.25) is 0 Å². The SMILES string of the molecule is CCS(=O)(=O)/C(Sc1ccccc1)=C(/SC1=CC=CCC1)Sc1ccccc1. The number of hydrogen-bond donors (Lipinski definition) is 0. The summed E-state index contributed by atoms with van der Waals surface area (Å²) in [6, 6.07) is 19.7. The zero-order valence-electron chi connectivity index (χ0n) is 15.6. The summed E-state index contributed by atoms with van der Waals surface area (Å²) in [6.45, 7) is 1.71. The molecule has 0 fully saturated rings. The summed E-state index contributed by atoms with van der Waals surface area (Å²) in [5.41, 5.74) is 0. The molecule has 1 aliphatic carbocycles. The molecule has 0 bridgehead atoms. The molecular weight excluding hydrogens is 425 g/mol. The minimum Gasteiger partial charge on any atom is -0.223 e. The third-order valence-corrected chi connectivity index (χ3v) is 10.3. The molecule has 2 aromatic carbocycles. The highest BCUT2D eigenvalue weighted by Crippen LogP contribution is 2.48. The molecule has 0 amide bonds. The monoisotopic (exact) mass is 446 g/mol. The van der Waals surface area contributed by atoms with E-state index < -0.39 is 9.84 Å². The molecule has 0 atom stereocenters. The first-order valence-corrected chi connectivity index (χ1v) is 13.1. The van der Waals surface area contributed by atoms with Crippen LogP contribution in [0.3, 0.4) is 0 Å². The topological polar surface area (TPSA) is 34.1 Å². The van der Waals surface area contributed by atoms with Crippen molar-refractivity contribution >= 4 is 45.1 Å². The Hall–Kier alpha value is -1.34. The lowest BCUT2D eigenvalue weighted by atomic mass is 10.2. The fraction of sp³-hybridized carbons (Fsp3) is 0.182. The van der Waals surface area contributed by atoms with Crippen molar-refractivity contribution in [2.24, 2.45) is 0 Å². The molecule has 0 N–H and O–H groups in total. The Kier molecular flexibility index (Phi) is 7.97. The van der Waals surface area contributed by atoms with Crippen LogP contribution in [0.1, 0.15) is 19.8 Å². The van der Waals surface area contributed by atoms with Crippen molar-refractivity contribution in [2.45, 2.75) is 29.6 Å². The lowest BCUT2D eigenvalue weighted by Crippen LogP contribution is -2.06. The van der Waals surface area contributed by atoms with Crippen LogP contribution in [0.4, 0.5) is 0 Å². The Bertz CT molecular complexity index is 976. The Morgan fingerprint density at radius 2 is 1.50 bits per heavy atom. The largest absolute Gasteiger partial charge is 0.223 e. The third kappa shape index (κ3) is 6.08. The Morgan fingerprint density at radius 1 is 0.893 bits per heavy atom. The number of allylic oxidation sites excluding steroid dienone is 4. The number of hydrogen-bond acceptors (Lipinski definition) is 5. The minimum atomic E-state index is -3.37. The van der Waals surface area contributed by atoms with Crippen molar-refractivity contribution in [3.05, 3.63) is 92.3 Å². The second kappa shape index (κ2) is 10.4. The standard InChI is InChI=1S/C22H22O2S4/c1-2-28(23,24)22(27-20-16-10-5-11-17-20)21(25-18-12-6-3-7-13-18)26-19-14-8-4-9-15-19/h3-8,10-14,16-17H,2,9,15H2,1H3/b22-21+. The van der Waals surface area contributed by atoms with Crippen LogP contribution in [0.5, 0.6) is 0 Å². The molecule has 146 valence electrons. The highest BCUT2D eigenvalue weighted by atomic mass is 32.3. The van der Waals surface area contributed by atoms with Crippen LogP contribution in [0.15, 0.2) is 102 Å². The van der Waals surface area contributed by atoms with E-state index in [4.69, 9.17) is 0 Å². The van der Waals surface area contributed by atoms with E-state index in [-0.39, 0.29) is 5.75 Å².